The van der Waals surface area contributed by atoms with Gasteiger partial charge in [-0.05, 0) is 6.42 Å². The Morgan fingerprint density at radius 1 is 1.16 bits per heavy atom. The summed E-state index contributed by atoms with van der Waals surface area (Å²) in [5, 5.41) is 8.79. The smallest absolute Gasteiger partial charge is 0.338 e. The molecule has 7 nitrogen and oxygen atoms in total. The number of hydrogen-bond donors (Lipinski definition) is 1. The average molecular weight is 264 g/mol. The summed E-state index contributed by atoms with van der Waals surface area (Å²) in [6.07, 6.45) is 3.46. The fraction of sp³-hybridized carbons (Fsp3) is 0.500. The van der Waals surface area contributed by atoms with E-state index in [1.165, 1.54) is 12.4 Å². The van der Waals surface area contributed by atoms with Gasteiger partial charge in [0, 0.05) is 45.5 Å². The molecule has 0 unspecified atom stereocenters. The molecule has 102 valence electrons. The topological polar surface area (TPSA) is 86.6 Å². The zero-order chi connectivity index (χ0) is 13.8. The van der Waals surface area contributed by atoms with Crippen molar-refractivity contribution in [2.45, 2.75) is 13.3 Å². The Morgan fingerprint density at radius 2 is 1.84 bits per heavy atom. The van der Waals surface area contributed by atoms with Crippen LogP contribution < -0.4 is 4.90 Å². The predicted molar refractivity (Wildman–Crippen MR) is 68.1 cm³/mol. The van der Waals surface area contributed by atoms with Gasteiger partial charge in [-0.2, -0.15) is 0 Å². The number of aromatic nitrogens is 2. The molecule has 0 aliphatic carbocycles. The summed E-state index contributed by atoms with van der Waals surface area (Å²) in [5.74, 6) is -0.454. The SMILES string of the molecule is CC(=O)N1CCCN(c2ncc(C(=O)O)cn2)CC1. The number of anilines is 1. The van der Waals surface area contributed by atoms with Gasteiger partial charge in [0.05, 0.1) is 5.56 Å². The number of carboxylic acid groups (broad SMARTS) is 1. The van der Waals surface area contributed by atoms with E-state index in [-0.39, 0.29) is 11.5 Å². The van der Waals surface area contributed by atoms with Crippen LogP contribution >= 0.6 is 0 Å². The number of hydrogen-bond acceptors (Lipinski definition) is 5. The van der Waals surface area contributed by atoms with Crippen LogP contribution in [0.15, 0.2) is 12.4 Å². The van der Waals surface area contributed by atoms with Gasteiger partial charge >= 0.3 is 5.97 Å². The summed E-state index contributed by atoms with van der Waals surface area (Å²) in [6.45, 7) is 4.36. The first kappa shape index (κ1) is 13.3. The van der Waals surface area contributed by atoms with E-state index in [4.69, 9.17) is 5.11 Å². The van der Waals surface area contributed by atoms with E-state index in [1.807, 2.05) is 4.90 Å². The molecule has 0 radical (unpaired) electrons. The monoisotopic (exact) mass is 264 g/mol. The molecule has 1 saturated heterocycles. The van der Waals surface area contributed by atoms with Crippen molar-refractivity contribution in [2.24, 2.45) is 0 Å². The van der Waals surface area contributed by atoms with Gasteiger partial charge in [-0.3, -0.25) is 4.79 Å². The highest BCUT2D eigenvalue weighted by Gasteiger charge is 2.18. The summed E-state index contributed by atoms with van der Waals surface area (Å²) in [5.41, 5.74) is 0.0731. The van der Waals surface area contributed by atoms with E-state index in [9.17, 15) is 9.59 Å². The Bertz CT molecular complexity index is 474. The van der Waals surface area contributed by atoms with Crippen molar-refractivity contribution < 1.29 is 14.7 Å². The van der Waals surface area contributed by atoms with Crippen LogP contribution in [-0.2, 0) is 4.79 Å². The number of carboxylic acids is 1. The third kappa shape index (κ3) is 3.18. The first-order chi connectivity index (χ1) is 9.08. The molecule has 7 heteroatoms. The molecule has 2 heterocycles. The third-order valence-electron chi connectivity index (χ3n) is 3.11. The molecule has 1 aliphatic heterocycles. The summed E-state index contributed by atoms with van der Waals surface area (Å²) in [4.78, 5) is 33.9. The maximum Gasteiger partial charge on any atom is 0.338 e. The number of nitrogens with zero attached hydrogens (tertiary/aromatic N) is 4. The maximum absolute atomic E-state index is 11.3. The summed E-state index contributed by atoms with van der Waals surface area (Å²) in [7, 11) is 0. The van der Waals surface area contributed by atoms with Gasteiger partial charge in [0.15, 0.2) is 0 Å². The van der Waals surface area contributed by atoms with Gasteiger partial charge in [-0.15, -0.1) is 0 Å². The van der Waals surface area contributed by atoms with E-state index in [1.54, 1.807) is 11.8 Å². The standard InChI is InChI=1S/C12H16N4O3/c1-9(17)15-3-2-4-16(6-5-15)12-13-7-10(8-14-12)11(18)19/h7-8H,2-6H2,1H3,(H,18,19). The van der Waals surface area contributed by atoms with Crippen LogP contribution in [-0.4, -0.2) is 58.0 Å². The number of carbonyl (C=O) groups is 2. The molecule has 1 fully saturated rings. The fourth-order valence-corrected chi connectivity index (χ4v) is 2.03. The van der Waals surface area contributed by atoms with E-state index in [0.29, 0.717) is 19.0 Å². The minimum absolute atomic E-state index is 0.0731. The number of rotatable bonds is 2. The highest BCUT2D eigenvalue weighted by molar-refractivity contribution is 5.86. The molecule has 1 aliphatic rings. The first-order valence-electron chi connectivity index (χ1n) is 6.13. The third-order valence-corrected chi connectivity index (χ3v) is 3.11. The fourth-order valence-electron chi connectivity index (χ4n) is 2.03. The van der Waals surface area contributed by atoms with Crippen molar-refractivity contribution in [1.29, 1.82) is 0 Å². The van der Waals surface area contributed by atoms with Gasteiger partial charge in [0.2, 0.25) is 11.9 Å². The van der Waals surface area contributed by atoms with Crippen LogP contribution in [0.1, 0.15) is 23.7 Å². The lowest BCUT2D eigenvalue weighted by molar-refractivity contribution is -0.128. The van der Waals surface area contributed by atoms with Gasteiger partial charge in [-0.25, -0.2) is 14.8 Å². The Morgan fingerprint density at radius 3 is 2.42 bits per heavy atom. The molecule has 0 bridgehead atoms. The van der Waals surface area contributed by atoms with Crippen molar-refractivity contribution in [3.8, 4) is 0 Å². The zero-order valence-electron chi connectivity index (χ0n) is 10.7. The van der Waals surface area contributed by atoms with Gasteiger partial charge < -0.3 is 14.9 Å². The molecule has 19 heavy (non-hydrogen) atoms. The normalized spacial score (nSPS) is 16.1. The molecule has 1 amide bonds. The van der Waals surface area contributed by atoms with Crippen LogP contribution in [0, 0.1) is 0 Å². The van der Waals surface area contributed by atoms with Crippen molar-refractivity contribution in [1.82, 2.24) is 14.9 Å². The lowest BCUT2D eigenvalue weighted by atomic mass is 10.3. The summed E-state index contributed by atoms with van der Waals surface area (Å²) >= 11 is 0. The highest BCUT2D eigenvalue weighted by Crippen LogP contribution is 2.11. The van der Waals surface area contributed by atoms with Gasteiger partial charge in [-0.1, -0.05) is 0 Å². The van der Waals surface area contributed by atoms with Crippen LogP contribution in [0.5, 0.6) is 0 Å². The number of aromatic carboxylic acids is 1. The Balaban J connectivity index is 2.05. The molecular weight excluding hydrogens is 248 g/mol. The first-order valence-corrected chi connectivity index (χ1v) is 6.13. The Hall–Kier alpha value is -2.18. The van der Waals surface area contributed by atoms with Crippen molar-refractivity contribution >= 4 is 17.8 Å². The quantitative estimate of drug-likeness (QED) is 0.823. The molecule has 0 aromatic carbocycles. The number of carbonyl (C=O) groups excluding carboxylic acids is 1. The average Bonchev–Trinajstić information content (AvgIpc) is 2.64. The minimum Gasteiger partial charge on any atom is -0.478 e. The van der Waals surface area contributed by atoms with Crippen LogP contribution in [0.25, 0.3) is 0 Å². The maximum atomic E-state index is 11.3. The van der Waals surface area contributed by atoms with Crippen LogP contribution in [0.3, 0.4) is 0 Å². The summed E-state index contributed by atoms with van der Waals surface area (Å²) < 4.78 is 0. The number of amides is 1. The lowest BCUT2D eigenvalue weighted by Crippen LogP contribution is -2.34. The second-order valence-electron chi connectivity index (χ2n) is 4.42. The second-order valence-corrected chi connectivity index (χ2v) is 4.42. The van der Waals surface area contributed by atoms with Crippen molar-refractivity contribution in [3.05, 3.63) is 18.0 Å². The van der Waals surface area contributed by atoms with E-state index in [0.717, 1.165) is 19.5 Å². The lowest BCUT2D eigenvalue weighted by Gasteiger charge is -2.21. The van der Waals surface area contributed by atoms with Crippen LogP contribution in [0.2, 0.25) is 0 Å². The molecular formula is C12H16N4O3. The van der Waals surface area contributed by atoms with E-state index >= 15 is 0 Å². The van der Waals surface area contributed by atoms with Crippen molar-refractivity contribution in [2.75, 3.05) is 31.1 Å². The molecule has 2 rings (SSSR count). The minimum atomic E-state index is -1.04. The second kappa shape index (κ2) is 5.64. The molecule has 1 aromatic rings. The Kier molecular flexibility index (Phi) is 3.94. The molecule has 1 aromatic heterocycles. The van der Waals surface area contributed by atoms with E-state index in [2.05, 4.69) is 9.97 Å². The highest BCUT2D eigenvalue weighted by atomic mass is 16.4. The van der Waals surface area contributed by atoms with Crippen LogP contribution in [0.4, 0.5) is 5.95 Å². The Labute approximate surface area is 110 Å². The van der Waals surface area contributed by atoms with Gasteiger partial charge in [0.25, 0.3) is 0 Å². The predicted octanol–water partition coefficient (Wildman–Crippen LogP) is 0.233. The van der Waals surface area contributed by atoms with Gasteiger partial charge in [0.1, 0.15) is 0 Å². The molecule has 0 atom stereocenters. The molecule has 0 spiro atoms. The molecule has 1 N–H and O–H groups in total. The van der Waals surface area contributed by atoms with Crippen molar-refractivity contribution in [3.63, 3.8) is 0 Å². The zero-order valence-corrected chi connectivity index (χ0v) is 10.7. The summed E-state index contributed by atoms with van der Waals surface area (Å²) in [6, 6.07) is 0. The largest absolute Gasteiger partial charge is 0.478 e. The molecule has 0 saturated carbocycles. The van der Waals surface area contributed by atoms with E-state index < -0.39 is 5.97 Å².